The van der Waals surface area contributed by atoms with Crippen LogP contribution in [0.5, 0.6) is 11.5 Å². The standard InChI is InChI=1S/C13H14N4O2S/c1-18-8-3-4-10(11(7-8)19-2)16-13-9(12(14)20)5-6-15-17-13/h3-7H,1-2H3,(H2,14,20)(H,16,17). The minimum Gasteiger partial charge on any atom is -0.497 e. The second-order valence-corrected chi connectivity index (χ2v) is 4.29. The molecule has 1 aromatic heterocycles. The fourth-order valence-electron chi connectivity index (χ4n) is 1.65. The van der Waals surface area contributed by atoms with Crippen LogP contribution < -0.4 is 20.5 Å². The molecule has 20 heavy (non-hydrogen) atoms. The molecule has 104 valence electrons. The van der Waals surface area contributed by atoms with Crippen molar-refractivity contribution < 1.29 is 9.47 Å². The van der Waals surface area contributed by atoms with E-state index in [9.17, 15) is 0 Å². The second-order valence-electron chi connectivity index (χ2n) is 3.85. The van der Waals surface area contributed by atoms with Crippen molar-refractivity contribution in [1.82, 2.24) is 10.2 Å². The van der Waals surface area contributed by atoms with Gasteiger partial charge in [0, 0.05) is 6.07 Å². The Bertz CT molecular complexity index is 634. The van der Waals surface area contributed by atoms with Gasteiger partial charge in [0.05, 0.1) is 31.7 Å². The molecule has 2 rings (SSSR count). The summed E-state index contributed by atoms with van der Waals surface area (Å²) in [5.41, 5.74) is 6.99. The first-order valence-electron chi connectivity index (χ1n) is 5.76. The number of nitrogens with two attached hydrogens (primary N) is 1. The summed E-state index contributed by atoms with van der Waals surface area (Å²) in [5.74, 6) is 1.79. The Kier molecular flexibility index (Phi) is 4.31. The summed E-state index contributed by atoms with van der Waals surface area (Å²) < 4.78 is 10.5. The maximum absolute atomic E-state index is 5.66. The number of benzene rings is 1. The molecule has 0 unspecified atom stereocenters. The highest BCUT2D eigenvalue weighted by Gasteiger charge is 2.10. The maximum atomic E-state index is 5.66. The van der Waals surface area contributed by atoms with Crippen molar-refractivity contribution in [2.45, 2.75) is 0 Å². The van der Waals surface area contributed by atoms with Crippen LogP contribution in [0.3, 0.4) is 0 Å². The lowest BCUT2D eigenvalue weighted by Gasteiger charge is -2.13. The Hall–Kier alpha value is -2.41. The Labute approximate surface area is 121 Å². The molecule has 0 radical (unpaired) electrons. The minimum absolute atomic E-state index is 0.245. The number of aromatic nitrogens is 2. The van der Waals surface area contributed by atoms with Gasteiger partial charge in [-0.1, -0.05) is 12.2 Å². The number of hydrogen-bond donors (Lipinski definition) is 2. The molecule has 0 saturated heterocycles. The fraction of sp³-hybridized carbons (Fsp3) is 0.154. The highest BCUT2D eigenvalue weighted by Crippen LogP contribution is 2.31. The van der Waals surface area contributed by atoms with Crippen LogP contribution in [0, 0.1) is 0 Å². The van der Waals surface area contributed by atoms with E-state index in [0.29, 0.717) is 28.6 Å². The van der Waals surface area contributed by atoms with Crippen molar-refractivity contribution in [2.75, 3.05) is 19.5 Å². The predicted molar refractivity (Wildman–Crippen MR) is 80.7 cm³/mol. The third kappa shape index (κ3) is 2.94. The van der Waals surface area contributed by atoms with Crippen molar-refractivity contribution in [1.29, 1.82) is 0 Å². The Morgan fingerprint density at radius 2 is 2.05 bits per heavy atom. The lowest BCUT2D eigenvalue weighted by molar-refractivity contribution is 0.395. The first kappa shape index (κ1) is 14.0. The van der Waals surface area contributed by atoms with Crippen LogP contribution in [0.2, 0.25) is 0 Å². The summed E-state index contributed by atoms with van der Waals surface area (Å²) in [6, 6.07) is 7.09. The number of nitrogens with one attached hydrogen (secondary N) is 1. The van der Waals surface area contributed by atoms with E-state index in [2.05, 4.69) is 15.5 Å². The van der Waals surface area contributed by atoms with Gasteiger partial charge in [0.1, 0.15) is 16.5 Å². The molecule has 6 nitrogen and oxygen atoms in total. The third-order valence-corrected chi connectivity index (χ3v) is 2.87. The van der Waals surface area contributed by atoms with Gasteiger partial charge in [-0.3, -0.25) is 0 Å². The smallest absolute Gasteiger partial charge is 0.163 e. The second kappa shape index (κ2) is 6.16. The summed E-state index contributed by atoms with van der Waals surface area (Å²) >= 11 is 4.99. The van der Waals surface area contributed by atoms with E-state index < -0.39 is 0 Å². The Morgan fingerprint density at radius 3 is 2.70 bits per heavy atom. The van der Waals surface area contributed by atoms with Gasteiger partial charge in [0.15, 0.2) is 5.82 Å². The SMILES string of the molecule is COc1ccc(Nc2nnccc2C(N)=S)c(OC)c1. The zero-order chi connectivity index (χ0) is 14.5. The van der Waals surface area contributed by atoms with Crippen molar-refractivity contribution in [2.24, 2.45) is 5.73 Å². The summed E-state index contributed by atoms with van der Waals surface area (Å²) in [6.45, 7) is 0. The lowest BCUT2D eigenvalue weighted by Crippen LogP contribution is -2.13. The van der Waals surface area contributed by atoms with Gasteiger partial charge in [-0.15, -0.1) is 5.10 Å². The highest BCUT2D eigenvalue weighted by atomic mass is 32.1. The lowest BCUT2D eigenvalue weighted by atomic mass is 10.2. The van der Waals surface area contributed by atoms with Crippen molar-refractivity contribution in [3.8, 4) is 11.5 Å². The molecular weight excluding hydrogens is 276 g/mol. The molecule has 0 spiro atoms. The van der Waals surface area contributed by atoms with E-state index >= 15 is 0 Å². The van der Waals surface area contributed by atoms with Gasteiger partial charge < -0.3 is 20.5 Å². The zero-order valence-corrected chi connectivity index (χ0v) is 11.9. The van der Waals surface area contributed by atoms with Gasteiger partial charge in [-0.25, -0.2) is 0 Å². The molecule has 1 heterocycles. The van der Waals surface area contributed by atoms with Crippen LogP contribution in [-0.2, 0) is 0 Å². The van der Waals surface area contributed by atoms with E-state index in [0.717, 1.165) is 0 Å². The van der Waals surface area contributed by atoms with Crippen LogP contribution in [-0.4, -0.2) is 29.4 Å². The summed E-state index contributed by atoms with van der Waals surface area (Å²) in [7, 11) is 3.17. The number of anilines is 2. The summed E-state index contributed by atoms with van der Waals surface area (Å²) in [6.07, 6.45) is 1.53. The number of thiocarbonyl (C=S) groups is 1. The fourth-order valence-corrected chi connectivity index (χ4v) is 1.82. The number of methoxy groups -OCH3 is 2. The molecule has 0 aliphatic carbocycles. The summed E-state index contributed by atoms with van der Waals surface area (Å²) in [4.78, 5) is 0.245. The quantitative estimate of drug-likeness (QED) is 0.813. The van der Waals surface area contributed by atoms with E-state index in [1.807, 2.05) is 12.1 Å². The first-order chi connectivity index (χ1) is 9.65. The van der Waals surface area contributed by atoms with E-state index in [1.165, 1.54) is 6.20 Å². The van der Waals surface area contributed by atoms with Crippen LogP contribution in [0.25, 0.3) is 0 Å². The molecule has 7 heteroatoms. The molecule has 0 bridgehead atoms. The minimum atomic E-state index is 0.245. The Balaban J connectivity index is 2.37. The van der Waals surface area contributed by atoms with Crippen molar-refractivity contribution in [3.63, 3.8) is 0 Å². The number of nitrogens with zero attached hydrogens (tertiary/aromatic N) is 2. The van der Waals surface area contributed by atoms with Crippen LogP contribution in [0.4, 0.5) is 11.5 Å². The van der Waals surface area contributed by atoms with Gasteiger partial charge >= 0.3 is 0 Å². The molecule has 0 fully saturated rings. The zero-order valence-electron chi connectivity index (χ0n) is 11.1. The molecular formula is C13H14N4O2S. The van der Waals surface area contributed by atoms with Crippen molar-refractivity contribution >= 4 is 28.7 Å². The maximum Gasteiger partial charge on any atom is 0.163 e. The molecule has 3 N–H and O–H groups in total. The Morgan fingerprint density at radius 1 is 1.25 bits per heavy atom. The third-order valence-electron chi connectivity index (χ3n) is 2.65. The molecule has 0 aliphatic rings. The van der Waals surface area contributed by atoms with E-state index in [4.69, 9.17) is 27.4 Å². The van der Waals surface area contributed by atoms with Crippen molar-refractivity contribution in [3.05, 3.63) is 36.0 Å². The number of rotatable bonds is 5. The van der Waals surface area contributed by atoms with E-state index in [1.54, 1.807) is 26.4 Å². The average molecular weight is 290 g/mol. The van der Waals surface area contributed by atoms with Gasteiger partial charge in [-0.05, 0) is 18.2 Å². The topological polar surface area (TPSA) is 82.3 Å². The molecule has 1 aromatic carbocycles. The number of ether oxygens (including phenoxy) is 2. The molecule has 0 atom stereocenters. The molecule has 0 saturated carbocycles. The normalized spacial score (nSPS) is 9.90. The van der Waals surface area contributed by atoms with E-state index in [-0.39, 0.29) is 4.99 Å². The van der Waals surface area contributed by atoms with Gasteiger partial charge in [0.2, 0.25) is 0 Å². The van der Waals surface area contributed by atoms with Crippen LogP contribution >= 0.6 is 12.2 Å². The van der Waals surface area contributed by atoms with Gasteiger partial charge in [-0.2, -0.15) is 5.10 Å². The summed E-state index contributed by atoms with van der Waals surface area (Å²) in [5, 5.41) is 10.9. The predicted octanol–water partition coefficient (Wildman–Crippen LogP) is 1.87. The largest absolute Gasteiger partial charge is 0.497 e. The van der Waals surface area contributed by atoms with Crippen LogP contribution in [0.15, 0.2) is 30.5 Å². The molecule has 0 aliphatic heterocycles. The van der Waals surface area contributed by atoms with Gasteiger partial charge in [0.25, 0.3) is 0 Å². The van der Waals surface area contributed by atoms with Crippen LogP contribution in [0.1, 0.15) is 5.56 Å². The number of hydrogen-bond acceptors (Lipinski definition) is 6. The first-order valence-corrected chi connectivity index (χ1v) is 6.17. The molecule has 0 amide bonds. The monoisotopic (exact) mass is 290 g/mol. The highest BCUT2D eigenvalue weighted by molar-refractivity contribution is 7.80. The molecule has 2 aromatic rings. The average Bonchev–Trinajstić information content (AvgIpc) is 2.48.